The Balaban J connectivity index is 2.18. The highest BCUT2D eigenvalue weighted by Crippen LogP contribution is 2.07. The summed E-state index contributed by atoms with van der Waals surface area (Å²) in [5.41, 5.74) is 0.793. The standard InChI is InChI=1S/C10H10BFN2O2/c12-10-4-2-1-3-8(10)6-14-7-9(5-13-14)11(15)16/h1-5,7,15-16H,6H2. The van der Waals surface area contributed by atoms with E-state index in [0.29, 0.717) is 5.56 Å². The van der Waals surface area contributed by atoms with Gasteiger partial charge in [0, 0.05) is 23.4 Å². The molecule has 0 aliphatic carbocycles. The van der Waals surface area contributed by atoms with Gasteiger partial charge in [0.15, 0.2) is 0 Å². The first-order chi connectivity index (χ1) is 7.66. The zero-order valence-electron chi connectivity index (χ0n) is 8.42. The Kier molecular flexibility index (Phi) is 3.03. The van der Waals surface area contributed by atoms with E-state index >= 15 is 0 Å². The monoisotopic (exact) mass is 220 g/mol. The fraction of sp³-hybridized carbons (Fsp3) is 0.100. The predicted octanol–water partition coefficient (Wildman–Crippen LogP) is -0.250. The first-order valence-electron chi connectivity index (χ1n) is 4.78. The molecule has 0 unspecified atom stereocenters. The maximum atomic E-state index is 13.3. The molecular formula is C10H10BFN2O2. The molecule has 1 heterocycles. The van der Waals surface area contributed by atoms with Gasteiger partial charge in [0.2, 0.25) is 0 Å². The number of rotatable bonds is 3. The van der Waals surface area contributed by atoms with Crippen LogP contribution in [0, 0.1) is 5.82 Å². The van der Waals surface area contributed by atoms with Gasteiger partial charge in [-0.3, -0.25) is 4.68 Å². The van der Waals surface area contributed by atoms with E-state index in [-0.39, 0.29) is 17.8 Å². The molecule has 0 fully saturated rings. The molecule has 0 aliphatic rings. The maximum Gasteiger partial charge on any atom is 0.491 e. The second kappa shape index (κ2) is 4.46. The molecule has 2 N–H and O–H groups in total. The van der Waals surface area contributed by atoms with E-state index in [4.69, 9.17) is 10.0 Å². The van der Waals surface area contributed by atoms with Crippen molar-refractivity contribution >= 4 is 12.6 Å². The molecular weight excluding hydrogens is 210 g/mol. The minimum absolute atomic E-state index is 0.263. The predicted molar refractivity (Wildman–Crippen MR) is 57.6 cm³/mol. The van der Waals surface area contributed by atoms with Crippen molar-refractivity contribution in [2.24, 2.45) is 0 Å². The summed E-state index contributed by atoms with van der Waals surface area (Å²) in [6, 6.07) is 6.39. The smallest absolute Gasteiger partial charge is 0.423 e. The second-order valence-electron chi connectivity index (χ2n) is 3.44. The van der Waals surface area contributed by atoms with Gasteiger partial charge >= 0.3 is 7.12 Å². The van der Waals surface area contributed by atoms with Gasteiger partial charge in [-0.05, 0) is 6.07 Å². The average molecular weight is 220 g/mol. The third-order valence-electron chi connectivity index (χ3n) is 2.24. The quantitative estimate of drug-likeness (QED) is 0.701. The topological polar surface area (TPSA) is 58.3 Å². The van der Waals surface area contributed by atoms with Crippen molar-refractivity contribution in [3.63, 3.8) is 0 Å². The highest BCUT2D eigenvalue weighted by atomic mass is 19.1. The first kappa shape index (κ1) is 10.8. The molecule has 0 saturated heterocycles. The van der Waals surface area contributed by atoms with Crippen LogP contribution < -0.4 is 5.46 Å². The summed E-state index contributed by atoms with van der Waals surface area (Å²) in [5, 5.41) is 21.7. The van der Waals surface area contributed by atoms with Gasteiger partial charge in [0.05, 0.1) is 6.54 Å². The Morgan fingerprint density at radius 3 is 2.69 bits per heavy atom. The van der Waals surface area contributed by atoms with Crippen molar-refractivity contribution < 1.29 is 14.4 Å². The minimum atomic E-state index is -1.55. The lowest BCUT2D eigenvalue weighted by Crippen LogP contribution is -2.28. The maximum absolute atomic E-state index is 13.3. The van der Waals surface area contributed by atoms with Crippen molar-refractivity contribution in [2.45, 2.75) is 6.54 Å². The third kappa shape index (κ3) is 2.29. The molecule has 1 aromatic heterocycles. The van der Waals surface area contributed by atoms with E-state index < -0.39 is 7.12 Å². The zero-order valence-corrected chi connectivity index (χ0v) is 8.42. The van der Waals surface area contributed by atoms with Gasteiger partial charge in [0.25, 0.3) is 0 Å². The van der Waals surface area contributed by atoms with Crippen LogP contribution in [-0.4, -0.2) is 26.9 Å². The van der Waals surface area contributed by atoms with E-state index in [1.54, 1.807) is 18.2 Å². The van der Waals surface area contributed by atoms with Crippen LogP contribution in [0.25, 0.3) is 0 Å². The summed E-state index contributed by atoms with van der Waals surface area (Å²) in [4.78, 5) is 0. The molecule has 6 heteroatoms. The normalized spacial score (nSPS) is 10.4. The van der Waals surface area contributed by atoms with Crippen LogP contribution in [0.4, 0.5) is 4.39 Å². The summed E-state index contributed by atoms with van der Waals surface area (Å²) >= 11 is 0. The fourth-order valence-corrected chi connectivity index (χ4v) is 1.40. The molecule has 0 saturated carbocycles. The Bertz CT molecular complexity index is 487. The van der Waals surface area contributed by atoms with Crippen LogP contribution in [0.3, 0.4) is 0 Å². The molecule has 82 valence electrons. The van der Waals surface area contributed by atoms with Crippen LogP contribution in [-0.2, 0) is 6.54 Å². The molecule has 16 heavy (non-hydrogen) atoms. The van der Waals surface area contributed by atoms with E-state index in [1.165, 1.54) is 23.1 Å². The van der Waals surface area contributed by atoms with Gasteiger partial charge in [-0.2, -0.15) is 5.10 Å². The van der Waals surface area contributed by atoms with E-state index in [9.17, 15) is 4.39 Å². The van der Waals surface area contributed by atoms with Crippen LogP contribution in [0.2, 0.25) is 0 Å². The van der Waals surface area contributed by atoms with E-state index in [2.05, 4.69) is 5.10 Å². The van der Waals surface area contributed by atoms with Crippen LogP contribution in [0.5, 0.6) is 0 Å². The number of benzene rings is 1. The number of aromatic nitrogens is 2. The number of halogens is 1. The van der Waals surface area contributed by atoms with Gasteiger partial charge < -0.3 is 10.0 Å². The fourth-order valence-electron chi connectivity index (χ4n) is 1.40. The molecule has 0 spiro atoms. The van der Waals surface area contributed by atoms with Crippen LogP contribution in [0.15, 0.2) is 36.7 Å². The van der Waals surface area contributed by atoms with Crippen molar-refractivity contribution in [2.75, 3.05) is 0 Å². The summed E-state index contributed by atoms with van der Waals surface area (Å²) in [6.45, 7) is 0.263. The second-order valence-corrected chi connectivity index (χ2v) is 3.44. The summed E-state index contributed by atoms with van der Waals surface area (Å²) < 4.78 is 14.8. The van der Waals surface area contributed by atoms with Crippen molar-refractivity contribution in [1.82, 2.24) is 9.78 Å². The van der Waals surface area contributed by atoms with Gasteiger partial charge in [-0.1, -0.05) is 18.2 Å². The molecule has 0 atom stereocenters. The van der Waals surface area contributed by atoms with E-state index in [0.717, 1.165) is 0 Å². The van der Waals surface area contributed by atoms with Gasteiger partial charge in [-0.15, -0.1) is 0 Å². The molecule has 0 radical (unpaired) electrons. The average Bonchev–Trinajstić information content (AvgIpc) is 2.70. The largest absolute Gasteiger partial charge is 0.491 e. The Labute approximate surface area is 92.1 Å². The lowest BCUT2D eigenvalue weighted by atomic mass is 9.83. The molecule has 2 rings (SSSR count). The van der Waals surface area contributed by atoms with Crippen LogP contribution in [0.1, 0.15) is 5.56 Å². The lowest BCUT2D eigenvalue weighted by molar-refractivity contribution is 0.425. The van der Waals surface area contributed by atoms with Crippen molar-refractivity contribution in [3.8, 4) is 0 Å². The Hall–Kier alpha value is -1.66. The highest BCUT2D eigenvalue weighted by Gasteiger charge is 2.13. The summed E-state index contributed by atoms with van der Waals surface area (Å²) in [7, 11) is -1.55. The SMILES string of the molecule is OB(O)c1cnn(Cc2ccccc2F)c1. The Morgan fingerprint density at radius 2 is 2.06 bits per heavy atom. The molecule has 0 aliphatic heterocycles. The molecule has 1 aromatic carbocycles. The third-order valence-corrected chi connectivity index (χ3v) is 2.24. The molecule has 0 amide bonds. The summed E-state index contributed by atoms with van der Waals surface area (Å²) in [5.74, 6) is -0.302. The van der Waals surface area contributed by atoms with Crippen molar-refractivity contribution in [3.05, 3.63) is 48.0 Å². The summed E-state index contributed by atoms with van der Waals surface area (Å²) in [6.07, 6.45) is 2.81. The number of hydrogen-bond donors (Lipinski definition) is 2. The molecule has 2 aromatic rings. The lowest BCUT2D eigenvalue weighted by Gasteiger charge is -2.02. The zero-order chi connectivity index (χ0) is 11.5. The number of hydrogen-bond acceptors (Lipinski definition) is 3. The number of nitrogens with zero attached hydrogens (tertiary/aromatic N) is 2. The first-order valence-corrected chi connectivity index (χ1v) is 4.78. The Morgan fingerprint density at radius 1 is 1.31 bits per heavy atom. The molecule has 4 nitrogen and oxygen atoms in total. The van der Waals surface area contributed by atoms with Gasteiger partial charge in [0.1, 0.15) is 5.82 Å². The molecule has 0 bridgehead atoms. The van der Waals surface area contributed by atoms with Gasteiger partial charge in [-0.25, -0.2) is 4.39 Å². The minimum Gasteiger partial charge on any atom is -0.423 e. The van der Waals surface area contributed by atoms with Crippen molar-refractivity contribution in [1.29, 1.82) is 0 Å². The highest BCUT2D eigenvalue weighted by molar-refractivity contribution is 6.58. The van der Waals surface area contributed by atoms with Crippen LogP contribution >= 0.6 is 0 Å². The van der Waals surface area contributed by atoms with E-state index in [1.807, 2.05) is 0 Å².